The highest BCUT2D eigenvalue weighted by Crippen LogP contribution is 2.27. The van der Waals surface area contributed by atoms with Crippen LogP contribution in [0.15, 0.2) is 0 Å². The molecule has 0 aromatic heterocycles. The number of ether oxygens (including phenoxy) is 1. The van der Waals surface area contributed by atoms with Gasteiger partial charge in [0.15, 0.2) is 0 Å². The van der Waals surface area contributed by atoms with Gasteiger partial charge in [0, 0.05) is 31.0 Å². The van der Waals surface area contributed by atoms with E-state index in [1.54, 1.807) is 0 Å². The van der Waals surface area contributed by atoms with Crippen molar-refractivity contribution < 1.29 is 9.53 Å². The molecule has 2 saturated heterocycles. The maximum atomic E-state index is 11.4. The van der Waals surface area contributed by atoms with Gasteiger partial charge in [-0.25, -0.2) is 0 Å². The second kappa shape index (κ2) is 3.39. The number of hydrogen-bond acceptors (Lipinski definition) is 3. The summed E-state index contributed by atoms with van der Waals surface area (Å²) in [7, 11) is 0. The highest BCUT2D eigenvalue weighted by atomic mass is 16.5. The number of morpholine rings is 1. The monoisotopic (exact) mass is 183 g/mol. The number of Topliss-reactive ketones (excluding diaryl/α,β-unsaturated/α-hetero) is 1. The van der Waals surface area contributed by atoms with E-state index in [0.717, 1.165) is 13.2 Å². The van der Waals surface area contributed by atoms with Crippen molar-refractivity contribution in [3.63, 3.8) is 0 Å². The molecule has 1 unspecified atom stereocenters. The molecule has 13 heavy (non-hydrogen) atoms. The van der Waals surface area contributed by atoms with Crippen LogP contribution < -0.4 is 0 Å². The fraction of sp³-hybridized carbons (Fsp3) is 0.900. The number of hydrogen-bond donors (Lipinski definition) is 0. The molecular formula is C10H17NO2. The van der Waals surface area contributed by atoms with Crippen molar-refractivity contribution in [1.82, 2.24) is 4.90 Å². The van der Waals surface area contributed by atoms with Crippen molar-refractivity contribution in [3.8, 4) is 0 Å². The normalized spacial score (nSPS) is 35.5. The van der Waals surface area contributed by atoms with Crippen LogP contribution in [0.3, 0.4) is 0 Å². The molecule has 2 aliphatic rings. The molecule has 2 bridgehead atoms. The third kappa shape index (κ3) is 1.63. The molecule has 0 spiro atoms. The Balaban J connectivity index is 2.14. The second-order valence-corrected chi connectivity index (χ2v) is 4.33. The fourth-order valence-corrected chi connectivity index (χ4v) is 2.59. The highest BCUT2D eigenvalue weighted by Gasteiger charge is 2.39. The number of carbonyl (C=O) groups is 1. The maximum absolute atomic E-state index is 11.4. The van der Waals surface area contributed by atoms with Crippen LogP contribution >= 0.6 is 0 Å². The van der Waals surface area contributed by atoms with Gasteiger partial charge in [-0.1, -0.05) is 0 Å². The lowest BCUT2D eigenvalue weighted by Gasteiger charge is -2.47. The molecule has 3 nitrogen and oxygen atoms in total. The minimum Gasteiger partial charge on any atom is -0.378 e. The Hall–Kier alpha value is -0.410. The van der Waals surface area contributed by atoms with Crippen molar-refractivity contribution in [3.05, 3.63) is 0 Å². The van der Waals surface area contributed by atoms with Crippen molar-refractivity contribution in [2.24, 2.45) is 0 Å². The first kappa shape index (κ1) is 9.16. The summed E-state index contributed by atoms with van der Waals surface area (Å²) in [5, 5.41) is 0. The summed E-state index contributed by atoms with van der Waals surface area (Å²) in [5.41, 5.74) is 0. The molecule has 0 aromatic rings. The predicted molar refractivity (Wildman–Crippen MR) is 49.6 cm³/mol. The summed E-state index contributed by atoms with van der Waals surface area (Å²) in [6.07, 6.45) is 1.38. The second-order valence-electron chi connectivity index (χ2n) is 4.33. The first-order chi connectivity index (χ1) is 6.18. The van der Waals surface area contributed by atoms with E-state index in [-0.39, 0.29) is 0 Å². The molecule has 2 fully saturated rings. The Bertz CT molecular complexity index is 199. The van der Waals surface area contributed by atoms with Crippen LogP contribution in [0, 0.1) is 0 Å². The molecule has 0 amide bonds. The molecule has 0 saturated carbocycles. The van der Waals surface area contributed by atoms with Gasteiger partial charge in [-0.3, -0.25) is 9.69 Å². The number of fused-ring (bicyclic) bond motifs is 2. The minimum atomic E-state index is 0.347. The highest BCUT2D eigenvalue weighted by molar-refractivity contribution is 5.80. The van der Waals surface area contributed by atoms with Crippen LogP contribution in [0.1, 0.15) is 26.7 Å². The average Bonchev–Trinajstić information content (AvgIpc) is 2.01. The fourth-order valence-electron chi connectivity index (χ4n) is 2.59. The van der Waals surface area contributed by atoms with Crippen LogP contribution in [-0.4, -0.2) is 42.0 Å². The van der Waals surface area contributed by atoms with E-state index in [0.29, 0.717) is 36.8 Å². The van der Waals surface area contributed by atoms with Crippen LogP contribution in [0.2, 0.25) is 0 Å². The zero-order chi connectivity index (χ0) is 9.42. The first-order valence-corrected chi connectivity index (χ1v) is 5.05. The van der Waals surface area contributed by atoms with Crippen molar-refractivity contribution in [2.45, 2.75) is 44.8 Å². The molecule has 2 heterocycles. The Morgan fingerprint density at radius 2 is 1.85 bits per heavy atom. The average molecular weight is 183 g/mol. The predicted octanol–water partition coefficient (Wildman–Crippen LogP) is 0.827. The molecular weight excluding hydrogens is 166 g/mol. The van der Waals surface area contributed by atoms with E-state index in [9.17, 15) is 4.79 Å². The van der Waals surface area contributed by atoms with Gasteiger partial charge in [0.1, 0.15) is 5.78 Å². The summed E-state index contributed by atoms with van der Waals surface area (Å²) in [5.74, 6) is 0.412. The number of nitrogens with zero attached hydrogens (tertiary/aromatic N) is 1. The lowest BCUT2D eigenvalue weighted by Crippen LogP contribution is -2.59. The van der Waals surface area contributed by atoms with Gasteiger partial charge < -0.3 is 4.74 Å². The summed E-state index contributed by atoms with van der Waals surface area (Å²) < 4.78 is 5.47. The summed E-state index contributed by atoms with van der Waals surface area (Å²) in [6.45, 7) is 5.86. The molecule has 0 radical (unpaired) electrons. The summed E-state index contributed by atoms with van der Waals surface area (Å²) >= 11 is 0. The molecule has 2 atom stereocenters. The van der Waals surface area contributed by atoms with Gasteiger partial charge in [0.25, 0.3) is 0 Å². The molecule has 2 rings (SSSR count). The van der Waals surface area contributed by atoms with E-state index in [4.69, 9.17) is 4.74 Å². The Kier molecular flexibility index (Phi) is 2.39. The van der Waals surface area contributed by atoms with E-state index in [1.165, 1.54) is 0 Å². The molecule has 74 valence electrons. The number of carbonyl (C=O) groups excluding carboxylic acids is 1. The zero-order valence-corrected chi connectivity index (χ0v) is 8.32. The van der Waals surface area contributed by atoms with E-state index in [2.05, 4.69) is 18.7 Å². The Labute approximate surface area is 79.0 Å². The van der Waals surface area contributed by atoms with Gasteiger partial charge in [-0.2, -0.15) is 0 Å². The van der Waals surface area contributed by atoms with Crippen LogP contribution in [0.25, 0.3) is 0 Å². The van der Waals surface area contributed by atoms with Crippen molar-refractivity contribution in [1.29, 1.82) is 0 Å². The maximum Gasteiger partial charge on any atom is 0.136 e. The van der Waals surface area contributed by atoms with E-state index in [1.807, 2.05) is 0 Å². The number of rotatable bonds is 1. The molecule has 2 aliphatic heterocycles. The van der Waals surface area contributed by atoms with Gasteiger partial charge >= 0.3 is 0 Å². The molecule has 0 aromatic carbocycles. The topological polar surface area (TPSA) is 29.5 Å². The molecule has 0 N–H and O–H groups in total. The van der Waals surface area contributed by atoms with Crippen LogP contribution in [-0.2, 0) is 9.53 Å². The molecule has 0 aliphatic carbocycles. The van der Waals surface area contributed by atoms with Crippen molar-refractivity contribution in [2.75, 3.05) is 13.2 Å². The minimum absolute atomic E-state index is 0.347. The SMILES string of the molecule is CC(C)N1C2COC[C@@H]1CC(=O)C2. The molecule has 3 heteroatoms. The van der Waals surface area contributed by atoms with Gasteiger partial charge in [-0.05, 0) is 13.8 Å². The van der Waals surface area contributed by atoms with Crippen LogP contribution in [0.5, 0.6) is 0 Å². The van der Waals surface area contributed by atoms with E-state index < -0.39 is 0 Å². The quantitative estimate of drug-likeness (QED) is 0.603. The third-order valence-corrected chi connectivity index (χ3v) is 2.99. The lowest BCUT2D eigenvalue weighted by molar-refractivity contribution is -0.138. The number of ketones is 1. The number of piperidine rings is 1. The van der Waals surface area contributed by atoms with Crippen molar-refractivity contribution >= 4 is 5.78 Å². The largest absolute Gasteiger partial charge is 0.378 e. The summed E-state index contributed by atoms with van der Waals surface area (Å²) in [4.78, 5) is 13.8. The van der Waals surface area contributed by atoms with E-state index >= 15 is 0 Å². The van der Waals surface area contributed by atoms with Gasteiger partial charge in [-0.15, -0.1) is 0 Å². The Morgan fingerprint density at radius 3 is 2.31 bits per heavy atom. The summed E-state index contributed by atoms with van der Waals surface area (Å²) in [6, 6.07) is 1.23. The Morgan fingerprint density at radius 1 is 1.31 bits per heavy atom. The smallest absolute Gasteiger partial charge is 0.136 e. The van der Waals surface area contributed by atoms with Crippen LogP contribution in [0.4, 0.5) is 0 Å². The van der Waals surface area contributed by atoms with Gasteiger partial charge in [0.05, 0.1) is 13.2 Å². The third-order valence-electron chi connectivity index (χ3n) is 2.99. The first-order valence-electron chi connectivity index (χ1n) is 5.05. The lowest BCUT2D eigenvalue weighted by atomic mass is 9.92. The van der Waals surface area contributed by atoms with Gasteiger partial charge in [0.2, 0.25) is 0 Å². The standard InChI is InChI=1S/C10H17NO2/c1-7(2)11-8-3-10(12)4-9(11)6-13-5-8/h7-9H,3-6H2,1-2H3/t8-,9?/m0/s1. The zero-order valence-electron chi connectivity index (χ0n) is 8.32.